The minimum atomic E-state index is 0.0980. The monoisotopic (exact) mass is 291 g/mol. The van der Waals surface area contributed by atoms with Crippen molar-refractivity contribution in [2.75, 3.05) is 4.90 Å². The molecule has 21 heavy (non-hydrogen) atoms. The van der Waals surface area contributed by atoms with Crippen molar-refractivity contribution in [1.82, 2.24) is 0 Å². The van der Waals surface area contributed by atoms with Gasteiger partial charge in [0.05, 0.1) is 5.70 Å². The van der Waals surface area contributed by atoms with E-state index in [1.807, 2.05) is 41.9 Å². The van der Waals surface area contributed by atoms with Crippen LogP contribution in [0.15, 0.2) is 77.5 Å². The Morgan fingerprint density at radius 2 is 1.95 bits per heavy atom. The molecule has 1 aliphatic heterocycles. The van der Waals surface area contributed by atoms with Crippen LogP contribution in [0, 0.1) is 0 Å². The molecule has 0 spiro atoms. The standard InChI is InChI=1S/C18H13NOS/c20-17-12-16-13(11-18-15(17)8-10-21-18)5-4-9-19(16)14-6-2-1-3-7-14/h1-10,12H,11H2. The fourth-order valence-corrected chi connectivity index (χ4v) is 3.67. The topological polar surface area (TPSA) is 20.3 Å². The number of rotatable bonds is 1. The summed E-state index contributed by atoms with van der Waals surface area (Å²) >= 11 is 1.66. The van der Waals surface area contributed by atoms with E-state index in [1.165, 1.54) is 5.57 Å². The van der Waals surface area contributed by atoms with Gasteiger partial charge in [0, 0.05) is 34.8 Å². The second-order valence-corrected chi connectivity index (χ2v) is 6.07. The summed E-state index contributed by atoms with van der Waals surface area (Å²) in [5.74, 6) is 0.0980. The Morgan fingerprint density at radius 1 is 1.10 bits per heavy atom. The Morgan fingerprint density at radius 3 is 2.81 bits per heavy atom. The molecule has 0 atom stereocenters. The molecule has 2 heterocycles. The quantitative estimate of drug-likeness (QED) is 0.779. The van der Waals surface area contributed by atoms with Crippen molar-refractivity contribution in [2.24, 2.45) is 0 Å². The summed E-state index contributed by atoms with van der Waals surface area (Å²) in [6.07, 6.45) is 8.74. The number of benzene rings is 1. The number of carbonyl (C=O) groups is 1. The molecule has 1 aromatic heterocycles. The number of ketones is 1. The summed E-state index contributed by atoms with van der Waals surface area (Å²) < 4.78 is 0. The molecule has 0 N–H and O–H groups in total. The molecule has 4 rings (SSSR count). The second-order valence-electron chi connectivity index (χ2n) is 5.07. The van der Waals surface area contributed by atoms with Crippen molar-refractivity contribution >= 4 is 22.8 Å². The number of thiophene rings is 1. The molecule has 0 unspecified atom stereocenters. The maximum Gasteiger partial charge on any atom is 0.189 e. The molecule has 2 nitrogen and oxygen atoms in total. The molecule has 2 aromatic rings. The Kier molecular flexibility index (Phi) is 2.86. The van der Waals surface area contributed by atoms with Crippen molar-refractivity contribution in [3.05, 3.63) is 87.9 Å². The van der Waals surface area contributed by atoms with Crippen molar-refractivity contribution in [3.63, 3.8) is 0 Å². The Labute approximate surface area is 127 Å². The largest absolute Gasteiger partial charge is 0.317 e. The average molecular weight is 291 g/mol. The molecular formula is C18H13NOS. The number of allylic oxidation sites excluding steroid dienone is 4. The third-order valence-corrected chi connectivity index (χ3v) is 4.71. The Balaban J connectivity index is 1.83. The summed E-state index contributed by atoms with van der Waals surface area (Å²) in [4.78, 5) is 15.7. The van der Waals surface area contributed by atoms with Crippen LogP contribution in [-0.2, 0) is 6.42 Å². The SMILES string of the molecule is O=C1C=C2C(=CC=CN2c2ccccc2)Cc2sccc21. The Bertz CT molecular complexity index is 796. The van der Waals surface area contributed by atoms with E-state index >= 15 is 0 Å². The molecule has 0 saturated heterocycles. The zero-order valence-electron chi connectivity index (χ0n) is 11.3. The summed E-state index contributed by atoms with van der Waals surface area (Å²) in [7, 11) is 0. The van der Waals surface area contributed by atoms with Gasteiger partial charge in [0.25, 0.3) is 0 Å². The second kappa shape index (κ2) is 4.86. The lowest BCUT2D eigenvalue weighted by Gasteiger charge is -2.27. The van der Waals surface area contributed by atoms with E-state index in [1.54, 1.807) is 17.4 Å². The highest BCUT2D eigenvalue weighted by Crippen LogP contribution is 2.34. The van der Waals surface area contributed by atoms with E-state index in [-0.39, 0.29) is 5.78 Å². The van der Waals surface area contributed by atoms with Crippen LogP contribution in [0.1, 0.15) is 15.2 Å². The van der Waals surface area contributed by atoms with Crippen LogP contribution in [0.3, 0.4) is 0 Å². The van der Waals surface area contributed by atoms with Crippen LogP contribution < -0.4 is 4.90 Å². The molecule has 1 aliphatic carbocycles. The van der Waals surface area contributed by atoms with E-state index in [0.717, 1.165) is 28.2 Å². The maximum absolute atomic E-state index is 12.5. The van der Waals surface area contributed by atoms with Gasteiger partial charge in [-0.15, -0.1) is 11.3 Å². The lowest BCUT2D eigenvalue weighted by molar-refractivity contribution is 0.104. The fourth-order valence-electron chi connectivity index (χ4n) is 2.76. The van der Waals surface area contributed by atoms with Gasteiger partial charge in [-0.25, -0.2) is 0 Å². The maximum atomic E-state index is 12.5. The summed E-state index contributed by atoms with van der Waals surface area (Å²) in [6.45, 7) is 0. The minimum Gasteiger partial charge on any atom is -0.317 e. The van der Waals surface area contributed by atoms with Crippen LogP contribution in [0.25, 0.3) is 0 Å². The minimum absolute atomic E-state index is 0.0980. The molecular weight excluding hydrogens is 278 g/mol. The molecule has 3 heteroatoms. The Hall–Kier alpha value is -2.39. The smallest absolute Gasteiger partial charge is 0.189 e. The number of nitrogens with zero attached hydrogens (tertiary/aromatic N) is 1. The lowest BCUT2D eigenvalue weighted by Crippen LogP contribution is -2.20. The van der Waals surface area contributed by atoms with Gasteiger partial charge in [-0.3, -0.25) is 4.79 Å². The number of hydrogen-bond acceptors (Lipinski definition) is 3. The van der Waals surface area contributed by atoms with Crippen LogP contribution >= 0.6 is 11.3 Å². The van der Waals surface area contributed by atoms with Crippen molar-refractivity contribution in [2.45, 2.75) is 6.42 Å². The first-order valence-electron chi connectivity index (χ1n) is 6.87. The first kappa shape index (κ1) is 12.4. The highest BCUT2D eigenvalue weighted by molar-refractivity contribution is 7.10. The predicted molar refractivity (Wildman–Crippen MR) is 86.6 cm³/mol. The lowest BCUT2D eigenvalue weighted by atomic mass is 10.0. The molecule has 1 aromatic carbocycles. The number of para-hydroxylation sites is 1. The first-order chi connectivity index (χ1) is 10.3. The van der Waals surface area contributed by atoms with Crippen molar-refractivity contribution < 1.29 is 4.79 Å². The highest BCUT2D eigenvalue weighted by Gasteiger charge is 2.24. The summed E-state index contributed by atoms with van der Waals surface area (Å²) in [5.41, 5.74) is 4.09. The van der Waals surface area contributed by atoms with Gasteiger partial charge in [0.2, 0.25) is 0 Å². The van der Waals surface area contributed by atoms with Gasteiger partial charge < -0.3 is 4.90 Å². The van der Waals surface area contributed by atoms with Crippen LogP contribution in [0.2, 0.25) is 0 Å². The summed E-state index contributed by atoms with van der Waals surface area (Å²) in [5, 5.41) is 2.00. The van der Waals surface area contributed by atoms with Gasteiger partial charge in [0.15, 0.2) is 5.78 Å². The zero-order valence-corrected chi connectivity index (χ0v) is 12.1. The first-order valence-corrected chi connectivity index (χ1v) is 7.75. The molecule has 102 valence electrons. The summed E-state index contributed by atoms with van der Waals surface area (Å²) in [6, 6.07) is 12.1. The third-order valence-electron chi connectivity index (χ3n) is 3.79. The number of hydrogen-bond donors (Lipinski definition) is 0. The molecule has 2 aliphatic rings. The molecule has 0 amide bonds. The molecule has 0 fully saturated rings. The van der Waals surface area contributed by atoms with Crippen LogP contribution in [-0.4, -0.2) is 5.78 Å². The van der Waals surface area contributed by atoms with Gasteiger partial charge in [0.1, 0.15) is 0 Å². The normalized spacial score (nSPS) is 16.8. The van der Waals surface area contributed by atoms with Gasteiger partial charge in [-0.1, -0.05) is 24.3 Å². The van der Waals surface area contributed by atoms with Crippen molar-refractivity contribution in [1.29, 1.82) is 0 Å². The number of anilines is 1. The van der Waals surface area contributed by atoms with E-state index in [4.69, 9.17) is 0 Å². The number of fused-ring (bicyclic) bond motifs is 2. The number of carbonyl (C=O) groups excluding carboxylic acids is 1. The van der Waals surface area contributed by atoms with E-state index < -0.39 is 0 Å². The average Bonchev–Trinajstić information content (AvgIpc) is 2.93. The van der Waals surface area contributed by atoms with Gasteiger partial charge in [-0.05, 0) is 35.2 Å². The third kappa shape index (κ3) is 2.06. The van der Waals surface area contributed by atoms with E-state index in [0.29, 0.717) is 0 Å². The van der Waals surface area contributed by atoms with Crippen LogP contribution in [0.5, 0.6) is 0 Å². The van der Waals surface area contributed by atoms with E-state index in [9.17, 15) is 4.79 Å². The van der Waals surface area contributed by atoms with E-state index in [2.05, 4.69) is 23.1 Å². The van der Waals surface area contributed by atoms with Gasteiger partial charge in [-0.2, -0.15) is 0 Å². The van der Waals surface area contributed by atoms with Gasteiger partial charge >= 0.3 is 0 Å². The fraction of sp³-hybridized carbons (Fsp3) is 0.0556. The zero-order chi connectivity index (χ0) is 14.2. The molecule has 0 saturated carbocycles. The highest BCUT2D eigenvalue weighted by atomic mass is 32.1. The molecule has 0 bridgehead atoms. The van der Waals surface area contributed by atoms with Crippen LogP contribution in [0.4, 0.5) is 5.69 Å². The van der Waals surface area contributed by atoms with Crippen molar-refractivity contribution in [3.8, 4) is 0 Å². The predicted octanol–water partition coefficient (Wildman–Crippen LogP) is 4.33. The molecule has 0 radical (unpaired) electrons.